The maximum Gasteiger partial charge on any atom is 0.273 e. The Morgan fingerprint density at radius 2 is 1.71 bits per heavy atom. The number of nitrogens with one attached hydrogen (secondary N) is 1. The molecule has 1 aromatic heterocycles. The summed E-state index contributed by atoms with van der Waals surface area (Å²) in [5.74, 6) is 0.313. The third-order valence-electron chi connectivity index (χ3n) is 5.61. The van der Waals surface area contributed by atoms with Gasteiger partial charge < -0.3 is 9.64 Å². The number of ether oxygens (including phenoxy) is 1. The van der Waals surface area contributed by atoms with Crippen molar-refractivity contribution in [3.63, 3.8) is 0 Å². The Labute approximate surface area is 179 Å². The molecule has 5 nitrogen and oxygen atoms in total. The number of methoxy groups -OCH3 is 1. The second-order valence-electron chi connectivity index (χ2n) is 7.46. The van der Waals surface area contributed by atoms with Gasteiger partial charge in [-0.2, -0.15) is 5.10 Å². The average Bonchev–Trinajstić information content (AvgIpc) is 3.35. The van der Waals surface area contributed by atoms with Gasteiger partial charge in [-0.25, -0.2) is 4.39 Å². The van der Waals surface area contributed by atoms with Gasteiger partial charge in [-0.3, -0.25) is 9.89 Å². The molecule has 1 atom stereocenters. The molecule has 0 saturated carbocycles. The van der Waals surface area contributed by atoms with E-state index in [9.17, 15) is 9.18 Å². The Balaban J connectivity index is 1.62. The van der Waals surface area contributed by atoms with Crippen molar-refractivity contribution in [3.05, 3.63) is 107 Å². The lowest BCUT2D eigenvalue weighted by Crippen LogP contribution is -2.29. The maximum atomic E-state index is 13.4. The van der Waals surface area contributed by atoms with Gasteiger partial charge in [0.15, 0.2) is 0 Å². The number of nitrogens with zero attached hydrogens (tertiary/aromatic N) is 2. The minimum absolute atomic E-state index is 0.130. The average molecular weight is 413 g/mol. The third kappa shape index (κ3) is 3.36. The van der Waals surface area contributed by atoms with Crippen LogP contribution >= 0.6 is 0 Å². The molecule has 6 heteroatoms. The first-order valence-corrected chi connectivity index (χ1v) is 9.99. The Hall–Kier alpha value is -3.93. The highest BCUT2D eigenvalue weighted by Crippen LogP contribution is 2.43. The number of hydrogen-bond acceptors (Lipinski definition) is 3. The van der Waals surface area contributed by atoms with E-state index in [2.05, 4.69) is 10.2 Å². The first-order valence-electron chi connectivity index (χ1n) is 9.99. The topological polar surface area (TPSA) is 58.2 Å². The Bertz CT molecular complexity index is 1220. The molecule has 1 unspecified atom stereocenters. The molecule has 4 aromatic rings. The van der Waals surface area contributed by atoms with E-state index in [1.54, 1.807) is 24.1 Å². The molecule has 0 aliphatic carbocycles. The lowest BCUT2D eigenvalue weighted by atomic mass is 9.96. The van der Waals surface area contributed by atoms with Crippen LogP contribution in [0, 0.1) is 5.82 Å². The van der Waals surface area contributed by atoms with Crippen molar-refractivity contribution >= 4 is 5.91 Å². The first kappa shape index (κ1) is 19.1. The molecule has 1 amide bonds. The number of hydrogen-bond donors (Lipinski definition) is 1. The van der Waals surface area contributed by atoms with E-state index in [0.717, 1.165) is 33.7 Å². The Kier molecular flexibility index (Phi) is 4.75. The highest BCUT2D eigenvalue weighted by molar-refractivity contribution is 6.00. The monoisotopic (exact) mass is 413 g/mol. The van der Waals surface area contributed by atoms with E-state index in [1.807, 2.05) is 54.6 Å². The van der Waals surface area contributed by atoms with Crippen molar-refractivity contribution in [1.82, 2.24) is 15.1 Å². The van der Waals surface area contributed by atoms with E-state index in [4.69, 9.17) is 4.74 Å². The van der Waals surface area contributed by atoms with E-state index in [1.165, 1.54) is 12.1 Å². The molecule has 31 heavy (non-hydrogen) atoms. The van der Waals surface area contributed by atoms with Gasteiger partial charge in [-0.05, 0) is 35.4 Å². The van der Waals surface area contributed by atoms with Crippen LogP contribution in [0.1, 0.15) is 33.2 Å². The van der Waals surface area contributed by atoms with Crippen LogP contribution in [0.15, 0.2) is 78.9 Å². The Morgan fingerprint density at radius 3 is 2.39 bits per heavy atom. The number of fused-ring (bicyclic) bond motifs is 1. The fourth-order valence-corrected chi connectivity index (χ4v) is 4.10. The van der Waals surface area contributed by atoms with Gasteiger partial charge in [0, 0.05) is 17.7 Å². The predicted molar refractivity (Wildman–Crippen MR) is 115 cm³/mol. The zero-order chi connectivity index (χ0) is 21.4. The normalized spacial score (nSPS) is 15.2. The zero-order valence-corrected chi connectivity index (χ0v) is 16.9. The zero-order valence-electron chi connectivity index (χ0n) is 16.9. The Morgan fingerprint density at radius 1 is 1.00 bits per heavy atom. The molecule has 0 saturated heterocycles. The van der Waals surface area contributed by atoms with Gasteiger partial charge in [0.25, 0.3) is 5.91 Å². The van der Waals surface area contributed by atoms with Gasteiger partial charge in [0.2, 0.25) is 0 Å². The van der Waals surface area contributed by atoms with Crippen LogP contribution in [0.2, 0.25) is 0 Å². The summed E-state index contributed by atoms with van der Waals surface area (Å²) in [5, 5.41) is 7.43. The number of rotatable bonds is 5. The summed E-state index contributed by atoms with van der Waals surface area (Å²) in [7, 11) is 1.62. The van der Waals surface area contributed by atoms with Crippen LogP contribution in [0.25, 0.3) is 11.3 Å². The predicted octanol–water partition coefficient (Wildman–Crippen LogP) is 4.97. The highest BCUT2D eigenvalue weighted by atomic mass is 19.1. The van der Waals surface area contributed by atoms with Gasteiger partial charge in [-0.1, -0.05) is 54.6 Å². The number of aromatic amines is 1. The quantitative estimate of drug-likeness (QED) is 0.503. The standard InChI is InChI=1S/C25H20FN3O2/c1-31-20-13-9-18(10-14-20)24-21-22(17-5-3-2-4-6-17)27-28-23(21)25(30)29(24)15-16-7-11-19(26)12-8-16/h2-14,24H,15H2,1H3,(H,27,28). The van der Waals surface area contributed by atoms with Crippen molar-refractivity contribution in [2.75, 3.05) is 7.11 Å². The molecule has 1 aliphatic heterocycles. The van der Waals surface area contributed by atoms with Crippen LogP contribution in [-0.4, -0.2) is 28.1 Å². The fourth-order valence-electron chi connectivity index (χ4n) is 4.10. The number of benzene rings is 3. The second-order valence-corrected chi connectivity index (χ2v) is 7.46. The molecule has 5 rings (SSSR count). The molecule has 1 aliphatic rings. The molecule has 0 radical (unpaired) electrons. The summed E-state index contributed by atoms with van der Waals surface area (Å²) >= 11 is 0. The number of carbonyl (C=O) groups is 1. The molecule has 2 heterocycles. The van der Waals surface area contributed by atoms with Gasteiger partial charge in [0.1, 0.15) is 17.3 Å². The number of H-pyrrole nitrogens is 1. The molecule has 0 fully saturated rings. The van der Waals surface area contributed by atoms with Crippen molar-refractivity contribution in [2.24, 2.45) is 0 Å². The smallest absolute Gasteiger partial charge is 0.273 e. The van der Waals surface area contributed by atoms with E-state index in [-0.39, 0.29) is 17.8 Å². The van der Waals surface area contributed by atoms with Gasteiger partial charge >= 0.3 is 0 Å². The summed E-state index contributed by atoms with van der Waals surface area (Å²) in [6, 6.07) is 23.4. The third-order valence-corrected chi connectivity index (χ3v) is 5.61. The summed E-state index contributed by atoms with van der Waals surface area (Å²) in [5.41, 5.74) is 4.84. The number of halogens is 1. The minimum atomic E-state index is -0.326. The highest BCUT2D eigenvalue weighted by Gasteiger charge is 2.42. The van der Waals surface area contributed by atoms with E-state index < -0.39 is 0 Å². The van der Waals surface area contributed by atoms with Crippen LogP contribution in [0.4, 0.5) is 4.39 Å². The van der Waals surface area contributed by atoms with Crippen LogP contribution in [0.3, 0.4) is 0 Å². The van der Waals surface area contributed by atoms with E-state index >= 15 is 0 Å². The minimum Gasteiger partial charge on any atom is -0.497 e. The van der Waals surface area contributed by atoms with Crippen molar-refractivity contribution < 1.29 is 13.9 Å². The largest absolute Gasteiger partial charge is 0.497 e. The van der Waals surface area contributed by atoms with Crippen molar-refractivity contribution in [2.45, 2.75) is 12.6 Å². The molecule has 0 spiro atoms. The molecular formula is C25H20FN3O2. The molecular weight excluding hydrogens is 393 g/mol. The van der Waals surface area contributed by atoms with Gasteiger partial charge in [0.05, 0.1) is 18.8 Å². The van der Waals surface area contributed by atoms with Crippen LogP contribution < -0.4 is 4.74 Å². The summed E-state index contributed by atoms with van der Waals surface area (Å²) < 4.78 is 18.7. The number of amides is 1. The second kappa shape index (κ2) is 7.72. The maximum absolute atomic E-state index is 13.4. The summed E-state index contributed by atoms with van der Waals surface area (Å²) in [6.45, 7) is 0.354. The lowest BCUT2D eigenvalue weighted by Gasteiger charge is -2.26. The van der Waals surface area contributed by atoms with Crippen molar-refractivity contribution in [1.29, 1.82) is 0 Å². The van der Waals surface area contributed by atoms with E-state index in [0.29, 0.717) is 12.2 Å². The first-order chi connectivity index (χ1) is 15.2. The van der Waals surface area contributed by atoms with Gasteiger partial charge in [-0.15, -0.1) is 0 Å². The molecule has 3 aromatic carbocycles. The SMILES string of the molecule is COc1ccc(C2c3c(-c4ccccc4)n[nH]c3C(=O)N2Cc2ccc(F)cc2)cc1. The van der Waals surface area contributed by atoms with Crippen molar-refractivity contribution in [3.8, 4) is 17.0 Å². The summed E-state index contributed by atoms with van der Waals surface area (Å²) in [6.07, 6.45) is 0. The molecule has 0 bridgehead atoms. The number of carbonyl (C=O) groups excluding carboxylic acids is 1. The lowest BCUT2D eigenvalue weighted by molar-refractivity contribution is 0.0730. The molecule has 154 valence electrons. The summed E-state index contributed by atoms with van der Waals surface area (Å²) in [4.78, 5) is 15.2. The number of aromatic nitrogens is 2. The van der Waals surface area contributed by atoms with Crippen LogP contribution in [0.5, 0.6) is 5.75 Å². The fraction of sp³-hybridized carbons (Fsp3) is 0.120. The van der Waals surface area contributed by atoms with Crippen LogP contribution in [-0.2, 0) is 6.54 Å². The molecule has 1 N–H and O–H groups in total.